The molecule has 1 aromatic carbocycles. The van der Waals surface area contributed by atoms with Gasteiger partial charge >= 0.3 is 0 Å². The summed E-state index contributed by atoms with van der Waals surface area (Å²) < 4.78 is 0. The molecule has 100 valence electrons. The minimum Gasteiger partial charge on any atom is -0.331 e. The maximum Gasteiger partial charge on any atom is 0.247 e. The molecule has 2 bridgehead atoms. The molecule has 0 aromatic heterocycles. The molecule has 2 unspecified atom stereocenters. The highest BCUT2D eigenvalue weighted by Crippen LogP contribution is 2.29. The summed E-state index contributed by atoms with van der Waals surface area (Å²) in [6.45, 7) is 2.03. The van der Waals surface area contributed by atoms with E-state index in [0.717, 1.165) is 31.5 Å². The topological polar surface area (TPSA) is 23.6 Å². The molecule has 0 N–H and O–H groups in total. The van der Waals surface area contributed by atoms with Crippen molar-refractivity contribution in [1.82, 2.24) is 9.80 Å². The second kappa shape index (κ2) is 5.17. The zero-order valence-electron chi connectivity index (χ0n) is 11.3. The Bertz CT molecular complexity index is 469. The van der Waals surface area contributed by atoms with E-state index in [1.54, 1.807) is 6.08 Å². The fraction of sp³-hybridized carbons (Fsp3) is 0.438. The molecule has 0 saturated carbocycles. The Morgan fingerprint density at radius 1 is 1.16 bits per heavy atom. The SMILES string of the molecule is CN1CC2CCC(C1)N2C(=O)/C=C/c1ccccc1. The fourth-order valence-electron chi connectivity index (χ4n) is 3.29. The van der Waals surface area contributed by atoms with Crippen molar-refractivity contribution in [3.05, 3.63) is 42.0 Å². The summed E-state index contributed by atoms with van der Waals surface area (Å²) in [6, 6.07) is 10.8. The smallest absolute Gasteiger partial charge is 0.247 e. The van der Waals surface area contributed by atoms with E-state index >= 15 is 0 Å². The Labute approximate surface area is 114 Å². The number of piperazine rings is 1. The number of carbonyl (C=O) groups is 1. The number of rotatable bonds is 2. The first-order chi connectivity index (χ1) is 9.24. The highest BCUT2D eigenvalue weighted by Gasteiger charge is 2.40. The first-order valence-electron chi connectivity index (χ1n) is 6.98. The van der Waals surface area contributed by atoms with Crippen molar-refractivity contribution in [2.45, 2.75) is 24.9 Å². The third-order valence-corrected chi connectivity index (χ3v) is 4.14. The van der Waals surface area contributed by atoms with Gasteiger partial charge in [-0.1, -0.05) is 30.3 Å². The standard InChI is InChI=1S/C16H20N2O/c1-17-11-14-8-9-15(12-17)18(14)16(19)10-7-13-5-3-2-4-6-13/h2-7,10,14-15H,8-9,11-12H2,1H3/b10-7+. The first-order valence-corrected chi connectivity index (χ1v) is 6.98. The summed E-state index contributed by atoms with van der Waals surface area (Å²) in [5.41, 5.74) is 1.08. The molecule has 2 atom stereocenters. The van der Waals surface area contributed by atoms with Crippen molar-refractivity contribution in [1.29, 1.82) is 0 Å². The van der Waals surface area contributed by atoms with Gasteiger partial charge in [-0.3, -0.25) is 4.79 Å². The average molecular weight is 256 g/mol. The normalized spacial score (nSPS) is 27.1. The van der Waals surface area contributed by atoms with Crippen molar-refractivity contribution in [2.24, 2.45) is 0 Å². The van der Waals surface area contributed by atoms with Crippen LogP contribution in [-0.2, 0) is 4.79 Å². The largest absolute Gasteiger partial charge is 0.331 e. The first kappa shape index (κ1) is 12.4. The third kappa shape index (κ3) is 2.56. The molecule has 1 amide bonds. The number of amides is 1. The van der Waals surface area contributed by atoms with E-state index in [0.29, 0.717) is 12.1 Å². The van der Waals surface area contributed by atoms with Crippen LogP contribution in [0.15, 0.2) is 36.4 Å². The predicted octanol–water partition coefficient (Wildman–Crippen LogP) is 2.00. The quantitative estimate of drug-likeness (QED) is 0.756. The van der Waals surface area contributed by atoms with Crippen LogP contribution in [-0.4, -0.2) is 47.9 Å². The summed E-state index contributed by atoms with van der Waals surface area (Å²) in [6.07, 6.45) is 5.95. The van der Waals surface area contributed by atoms with Crippen molar-refractivity contribution >= 4 is 12.0 Å². The van der Waals surface area contributed by atoms with Gasteiger partial charge in [0.05, 0.1) is 0 Å². The molecular formula is C16H20N2O. The van der Waals surface area contributed by atoms with Crippen LogP contribution in [0.3, 0.4) is 0 Å². The summed E-state index contributed by atoms with van der Waals surface area (Å²) in [4.78, 5) is 16.8. The summed E-state index contributed by atoms with van der Waals surface area (Å²) in [5.74, 6) is 0.171. The van der Waals surface area contributed by atoms with E-state index in [1.165, 1.54) is 0 Å². The molecule has 2 fully saturated rings. The van der Waals surface area contributed by atoms with Crippen LogP contribution in [0.1, 0.15) is 18.4 Å². The van der Waals surface area contributed by atoms with E-state index in [1.807, 2.05) is 36.4 Å². The molecule has 3 heteroatoms. The van der Waals surface area contributed by atoms with Gasteiger partial charge in [-0.25, -0.2) is 0 Å². The van der Waals surface area contributed by atoms with E-state index in [2.05, 4.69) is 16.8 Å². The van der Waals surface area contributed by atoms with Crippen LogP contribution in [0.4, 0.5) is 0 Å². The Morgan fingerprint density at radius 3 is 2.42 bits per heavy atom. The van der Waals surface area contributed by atoms with Crippen LogP contribution >= 0.6 is 0 Å². The van der Waals surface area contributed by atoms with Crippen LogP contribution in [0.5, 0.6) is 0 Å². The Hall–Kier alpha value is -1.61. The summed E-state index contributed by atoms with van der Waals surface area (Å²) in [7, 11) is 2.15. The summed E-state index contributed by atoms with van der Waals surface area (Å²) >= 11 is 0. The lowest BCUT2D eigenvalue weighted by Crippen LogP contribution is -2.54. The monoisotopic (exact) mass is 256 g/mol. The van der Waals surface area contributed by atoms with E-state index in [-0.39, 0.29) is 5.91 Å². The molecule has 1 aromatic rings. The minimum atomic E-state index is 0.171. The lowest BCUT2D eigenvalue weighted by atomic mass is 10.1. The number of benzene rings is 1. The number of hydrogen-bond donors (Lipinski definition) is 0. The zero-order valence-corrected chi connectivity index (χ0v) is 11.3. The molecule has 2 saturated heterocycles. The molecule has 3 nitrogen and oxygen atoms in total. The molecule has 0 radical (unpaired) electrons. The zero-order chi connectivity index (χ0) is 13.2. The van der Waals surface area contributed by atoms with Crippen molar-refractivity contribution in [2.75, 3.05) is 20.1 Å². The van der Waals surface area contributed by atoms with Gasteiger partial charge in [-0.05, 0) is 31.5 Å². The van der Waals surface area contributed by atoms with Gasteiger partial charge in [0.2, 0.25) is 5.91 Å². The molecule has 2 aliphatic rings. The number of likely N-dealkylation sites (tertiary alicyclic amines) is 1. The van der Waals surface area contributed by atoms with Gasteiger partial charge in [0.25, 0.3) is 0 Å². The van der Waals surface area contributed by atoms with Crippen molar-refractivity contribution in [3.63, 3.8) is 0 Å². The Balaban J connectivity index is 1.70. The number of fused-ring (bicyclic) bond motifs is 2. The van der Waals surface area contributed by atoms with Gasteiger partial charge in [-0.15, -0.1) is 0 Å². The summed E-state index contributed by atoms with van der Waals surface area (Å²) in [5, 5.41) is 0. The maximum atomic E-state index is 12.4. The second-order valence-electron chi connectivity index (χ2n) is 5.60. The molecule has 2 heterocycles. The second-order valence-corrected chi connectivity index (χ2v) is 5.60. The minimum absolute atomic E-state index is 0.171. The fourth-order valence-corrected chi connectivity index (χ4v) is 3.29. The van der Waals surface area contributed by atoms with Gasteiger partial charge < -0.3 is 9.80 Å². The van der Waals surface area contributed by atoms with Gasteiger partial charge in [0.1, 0.15) is 0 Å². The molecule has 0 spiro atoms. The lowest BCUT2D eigenvalue weighted by Gasteiger charge is -2.39. The number of carbonyl (C=O) groups excluding carboxylic acids is 1. The number of nitrogens with zero attached hydrogens (tertiary/aromatic N) is 2. The average Bonchev–Trinajstić information content (AvgIpc) is 2.70. The highest BCUT2D eigenvalue weighted by atomic mass is 16.2. The molecule has 19 heavy (non-hydrogen) atoms. The molecule has 0 aliphatic carbocycles. The van der Waals surface area contributed by atoms with Crippen LogP contribution < -0.4 is 0 Å². The van der Waals surface area contributed by atoms with E-state index in [4.69, 9.17) is 0 Å². The number of likely N-dealkylation sites (N-methyl/N-ethyl adjacent to an activating group) is 1. The van der Waals surface area contributed by atoms with Crippen LogP contribution in [0.2, 0.25) is 0 Å². The van der Waals surface area contributed by atoms with E-state index in [9.17, 15) is 4.79 Å². The Kier molecular flexibility index (Phi) is 3.38. The van der Waals surface area contributed by atoms with Crippen molar-refractivity contribution in [3.8, 4) is 0 Å². The third-order valence-electron chi connectivity index (χ3n) is 4.14. The maximum absolute atomic E-state index is 12.4. The van der Waals surface area contributed by atoms with Gasteiger partial charge in [-0.2, -0.15) is 0 Å². The predicted molar refractivity (Wildman–Crippen MR) is 76.6 cm³/mol. The lowest BCUT2D eigenvalue weighted by molar-refractivity contribution is -0.131. The van der Waals surface area contributed by atoms with Crippen molar-refractivity contribution < 1.29 is 4.79 Å². The molecule has 3 rings (SSSR count). The van der Waals surface area contributed by atoms with Gasteiger partial charge in [0, 0.05) is 31.2 Å². The highest BCUT2D eigenvalue weighted by molar-refractivity contribution is 5.92. The van der Waals surface area contributed by atoms with Gasteiger partial charge in [0.15, 0.2) is 0 Å². The van der Waals surface area contributed by atoms with Crippen LogP contribution in [0.25, 0.3) is 6.08 Å². The molecule has 2 aliphatic heterocycles. The molecular weight excluding hydrogens is 236 g/mol. The van der Waals surface area contributed by atoms with E-state index < -0.39 is 0 Å². The number of hydrogen-bond acceptors (Lipinski definition) is 2. The Morgan fingerprint density at radius 2 is 1.79 bits per heavy atom. The van der Waals surface area contributed by atoms with Crippen LogP contribution in [0, 0.1) is 0 Å².